The van der Waals surface area contributed by atoms with Crippen molar-refractivity contribution >= 4 is 5.78 Å². The molecule has 0 heterocycles. The van der Waals surface area contributed by atoms with Gasteiger partial charge >= 0.3 is 0 Å². The average molecular weight is 114 g/mol. The number of carbonyl (C=O) groups excluding carboxylic acids is 1. The molecule has 0 spiro atoms. The highest BCUT2D eigenvalue weighted by Gasteiger charge is 2.28. The molecule has 1 fully saturated rings. The van der Waals surface area contributed by atoms with Crippen LogP contribution in [0.1, 0.15) is 19.8 Å². The number of hydrogen-bond donors (Lipinski definition) is 1. The van der Waals surface area contributed by atoms with E-state index >= 15 is 0 Å². The molecule has 2 heteroatoms. The number of carbonyl (C=O) groups is 1. The lowest BCUT2D eigenvalue weighted by molar-refractivity contribution is -0.121. The molecular formula is C6H10O2. The van der Waals surface area contributed by atoms with E-state index in [0.717, 1.165) is 0 Å². The minimum atomic E-state index is -0.359. The van der Waals surface area contributed by atoms with Gasteiger partial charge in [0.1, 0.15) is 5.78 Å². The van der Waals surface area contributed by atoms with Crippen LogP contribution in [0.15, 0.2) is 0 Å². The zero-order valence-electron chi connectivity index (χ0n) is 4.92. The zero-order valence-corrected chi connectivity index (χ0v) is 4.92. The van der Waals surface area contributed by atoms with Gasteiger partial charge in [-0.25, -0.2) is 0 Å². The molecule has 0 unspecified atom stereocenters. The maximum atomic E-state index is 10.6. The maximum absolute atomic E-state index is 10.6. The average Bonchev–Trinajstić information content (AvgIpc) is 1.98. The molecule has 0 aliphatic heterocycles. The zero-order chi connectivity index (χ0) is 6.15. The lowest BCUT2D eigenvalue weighted by Crippen LogP contribution is -2.14. The monoisotopic (exact) mass is 114 g/mol. The van der Waals surface area contributed by atoms with Gasteiger partial charge < -0.3 is 5.11 Å². The van der Waals surface area contributed by atoms with E-state index in [1.165, 1.54) is 0 Å². The third-order valence-electron chi connectivity index (χ3n) is 1.77. The predicted octanol–water partition coefficient (Wildman–Crippen LogP) is 0.346. The molecule has 0 aromatic carbocycles. The van der Waals surface area contributed by atoms with Crippen LogP contribution < -0.4 is 0 Å². The Bertz CT molecular complexity index is 109. The predicted molar refractivity (Wildman–Crippen MR) is 29.4 cm³/mol. The summed E-state index contributed by atoms with van der Waals surface area (Å²) >= 11 is 0. The minimum Gasteiger partial charge on any atom is -0.392 e. The lowest BCUT2D eigenvalue weighted by atomic mass is 10.1. The first-order valence-electron chi connectivity index (χ1n) is 2.92. The molecule has 0 bridgehead atoms. The first kappa shape index (κ1) is 5.76. The van der Waals surface area contributed by atoms with Gasteiger partial charge in [-0.1, -0.05) is 6.92 Å². The SMILES string of the molecule is C[C@@H]1C(=O)CC[C@@H]1O. The fourth-order valence-corrected chi connectivity index (χ4v) is 0.982. The summed E-state index contributed by atoms with van der Waals surface area (Å²) in [4.78, 5) is 10.6. The summed E-state index contributed by atoms with van der Waals surface area (Å²) in [6.07, 6.45) is 0.880. The normalized spacial score (nSPS) is 38.5. The Morgan fingerprint density at radius 2 is 2.38 bits per heavy atom. The van der Waals surface area contributed by atoms with E-state index in [1.54, 1.807) is 6.92 Å². The Hall–Kier alpha value is -0.370. The second-order valence-corrected chi connectivity index (χ2v) is 2.36. The fraction of sp³-hybridized carbons (Fsp3) is 0.833. The van der Waals surface area contributed by atoms with Crippen molar-refractivity contribution in [3.05, 3.63) is 0 Å². The minimum absolute atomic E-state index is 0.102. The molecule has 1 rings (SSSR count). The largest absolute Gasteiger partial charge is 0.392 e. The van der Waals surface area contributed by atoms with Crippen molar-refractivity contribution in [3.8, 4) is 0 Å². The third-order valence-corrected chi connectivity index (χ3v) is 1.77. The molecule has 2 atom stereocenters. The first-order valence-corrected chi connectivity index (χ1v) is 2.92. The van der Waals surface area contributed by atoms with Crippen LogP contribution >= 0.6 is 0 Å². The summed E-state index contributed by atoms with van der Waals surface area (Å²) < 4.78 is 0. The van der Waals surface area contributed by atoms with E-state index in [0.29, 0.717) is 12.8 Å². The molecule has 0 amide bonds. The smallest absolute Gasteiger partial charge is 0.138 e. The number of aliphatic hydroxyl groups is 1. The van der Waals surface area contributed by atoms with Gasteiger partial charge in [-0.3, -0.25) is 4.79 Å². The molecule has 1 saturated carbocycles. The van der Waals surface area contributed by atoms with Gasteiger partial charge in [0.05, 0.1) is 6.10 Å². The maximum Gasteiger partial charge on any atom is 0.138 e. The highest BCUT2D eigenvalue weighted by molar-refractivity contribution is 5.83. The molecular weight excluding hydrogens is 104 g/mol. The molecule has 46 valence electrons. The van der Waals surface area contributed by atoms with E-state index in [2.05, 4.69) is 0 Å². The second-order valence-electron chi connectivity index (χ2n) is 2.36. The van der Waals surface area contributed by atoms with Crippen LogP contribution in [0, 0.1) is 5.92 Å². The Morgan fingerprint density at radius 3 is 2.50 bits per heavy atom. The number of ketones is 1. The van der Waals surface area contributed by atoms with Gasteiger partial charge in [-0.2, -0.15) is 0 Å². The number of hydrogen-bond acceptors (Lipinski definition) is 2. The molecule has 1 aliphatic rings. The van der Waals surface area contributed by atoms with Crippen molar-refractivity contribution in [1.29, 1.82) is 0 Å². The van der Waals surface area contributed by atoms with E-state index in [1.807, 2.05) is 0 Å². The Balaban J connectivity index is 2.56. The first-order chi connectivity index (χ1) is 3.72. The number of rotatable bonds is 0. The van der Waals surface area contributed by atoms with Gasteiger partial charge in [-0.15, -0.1) is 0 Å². The quantitative estimate of drug-likeness (QED) is 0.493. The van der Waals surface area contributed by atoms with E-state index < -0.39 is 0 Å². The Morgan fingerprint density at radius 1 is 1.75 bits per heavy atom. The Labute approximate surface area is 48.5 Å². The van der Waals surface area contributed by atoms with Crippen molar-refractivity contribution < 1.29 is 9.90 Å². The van der Waals surface area contributed by atoms with Crippen molar-refractivity contribution in [2.45, 2.75) is 25.9 Å². The number of Topliss-reactive ketones (excluding diaryl/α,β-unsaturated/α-hetero) is 1. The van der Waals surface area contributed by atoms with Crippen LogP contribution in [0.25, 0.3) is 0 Å². The molecule has 8 heavy (non-hydrogen) atoms. The highest BCUT2D eigenvalue weighted by atomic mass is 16.3. The van der Waals surface area contributed by atoms with Crippen LogP contribution in [-0.4, -0.2) is 17.0 Å². The van der Waals surface area contributed by atoms with Crippen molar-refractivity contribution in [3.63, 3.8) is 0 Å². The summed E-state index contributed by atoms with van der Waals surface area (Å²) in [5.41, 5.74) is 0. The van der Waals surface area contributed by atoms with Crippen LogP contribution in [0.3, 0.4) is 0 Å². The Kier molecular flexibility index (Phi) is 1.34. The summed E-state index contributed by atoms with van der Waals surface area (Å²) in [5.74, 6) is 0.104. The van der Waals surface area contributed by atoms with Gasteiger partial charge in [0.15, 0.2) is 0 Å². The lowest BCUT2D eigenvalue weighted by Gasteiger charge is -2.02. The van der Waals surface area contributed by atoms with Crippen LogP contribution in [0.5, 0.6) is 0 Å². The summed E-state index contributed by atoms with van der Waals surface area (Å²) in [6, 6.07) is 0. The van der Waals surface area contributed by atoms with E-state index in [9.17, 15) is 4.79 Å². The van der Waals surface area contributed by atoms with Crippen molar-refractivity contribution in [2.75, 3.05) is 0 Å². The summed E-state index contributed by atoms with van der Waals surface area (Å²) in [6.45, 7) is 1.78. The van der Waals surface area contributed by atoms with Crippen molar-refractivity contribution in [1.82, 2.24) is 0 Å². The molecule has 0 radical (unpaired) electrons. The molecule has 0 saturated heterocycles. The van der Waals surface area contributed by atoms with E-state index in [4.69, 9.17) is 5.11 Å². The third kappa shape index (κ3) is 0.757. The summed E-state index contributed by atoms with van der Waals surface area (Å²) in [7, 11) is 0. The molecule has 1 N–H and O–H groups in total. The van der Waals surface area contributed by atoms with Gasteiger partial charge in [-0.05, 0) is 6.42 Å². The second kappa shape index (κ2) is 1.86. The molecule has 2 nitrogen and oxygen atoms in total. The van der Waals surface area contributed by atoms with Crippen LogP contribution in [0.4, 0.5) is 0 Å². The van der Waals surface area contributed by atoms with Gasteiger partial charge in [0.2, 0.25) is 0 Å². The molecule has 1 aliphatic carbocycles. The fourth-order valence-electron chi connectivity index (χ4n) is 0.982. The summed E-state index contributed by atoms with van der Waals surface area (Å²) in [5, 5.41) is 8.95. The molecule has 0 aromatic heterocycles. The highest BCUT2D eigenvalue weighted by Crippen LogP contribution is 2.20. The van der Waals surface area contributed by atoms with Gasteiger partial charge in [0.25, 0.3) is 0 Å². The molecule has 0 aromatic rings. The number of aliphatic hydroxyl groups excluding tert-OH is 1. The van der Waals surface area contributed by atoms with Crippen LogP contribution in [-0.2, 0) is 4.79 Å². The van der Waals surface area contributed by atoms with Gasteiger partial charge in [0, 0.05) is 12.3 Å². The van der Waals surface area contributed by atoms with Crippen LogP contribution in [0.2, 0.25) is 0 Å². The van der Waals surface area contributed by atoms with E-state index in [-0.39, 0.29) is 17.8 Å². The standard InChI is InChI=1S/C6H10O2/c1-4-5(7)2-3-6(4)8/h4-5,7H,2-3H2,1H3/t4-,5-/m0/s1. The van der Waals surface area contributed by atoms with Crippen molar-refractivity contribution in [2.24, 2.45) is 5.92 Å². The topological polar surface area (TPSA) is 37.3 Å².